The summed E-state index contributed by atoms with van der Waals surface area (Å²) in [5.41, 5.74) is 3.69. The molecule has 2 saturated carbocycles. The van der Waals surface area contributed by atoms with E-state index in [9.17, 15) is 9.59 Å². The van der Waals surface area contributed by atoms with Gasteiger partial charge < -0.3 is 5.32 Å². The Labute approximate surface area is 198 Å². The number of nitrogens with one attached hydrogen (secondary N) is 1. The summed E-state index contributed by atoms with van der Waals surface area (Å²) in [6.07, 6.45) is 8.86. The van der Waals surface area contributed by atoms with Gasteiger partial charge in [-0.1, -0.05) is 61.7 Å². The average molecular weight is 459 g/mol. The van der Waals surface area contributed by atoms with Gasteiger partial charge in [0.15, 0.2) is 0 Å². The lowest BCUT2D eigenvalue weighted by molar-refractivity contribution is -0.124. The number of carbonyl (C=O) groups is 1. The number of rotatable bonds is 5. The fraction of sp³-hybridized carbons (Fsp3) is 0.429. The maximum absolute atomic E-state index is 13.4. The third-order valence-electron chi connectivity index (χ3n) is 7.52. The highest BCUT2D eigenvalue weighted by Gasteiger charge is 2.38. The van der Waals surface area contributed by atoms with Crippen molar-refractivity contribution >= 4 is 28.4 Å². The summed E-state index contributed by atoms with van der Waals surface area (Å²) in [5, 5.41) is 6.78. The second kappa shape index (κ2) is 8.68. The van der Waals surface area contributed by atoms with Gasteiger partial charge in [-0.05, 0) is 65.5 Å². The third kappa shape index (κ3) is 4.01. The maximum Gasteiger partial charge on any atom is 0.252 e. The van der Waals surface area contributed by atoms with Crippen molar-refractivity contribution in [3.63, 3.8) is 0 Å². The van der Waals surface area contributed by atoms with Crippen molar-refractivity contribution in [2.24, 2.45) is 0 Å². The van der Waals surface area contributed by atoms with E-state index >= 15 is 0 Å². The molecule has 33 heavy (non-hydrogen) atoms. The quantitative estimate of drug-likeness (QED) is 0.544. The van der Waals surface area contributed by atoms with Crippen molar-refractivity contribution in [3.05, 3.63) is 75.6 Å². The average Bonchev–Trinajstić information content (AvgIpc) is 3.57. The first-order valence-electron chi connectivity index (χ1n) is 12.4. The Hall–Kier alpha value is -2.53. The minimum absolute atomic E-state index is 0.0267. The zero-order valence-corrected chi connectivity index (χ0v) is 19.7. The van der Waals surface area contributed by atoms with Gasteiger partial charge in [-0.15, -0.1) is 11.8 Å². The van der Waals surface area contributed by atoms with E-state index in [1.807, 2.05) is 10.6 Å². The molecule has 0 spiro atoms. The number of amides is 1. The van der Waals surface area contributed by atoms with E-state index in [1.165, 1.54) is 54.0 Å². The molecule has 3 aromatic rings. The van der Waals surface area contributed by atoms with E-state index in [0.29, 0.717) is 11.7 Å². The van der Waals surface area contributed by atoms with Crippen LogP contribution in [0, 0.1) is 0 Å². The van der Waals surface area contributed by atoms with E-state index in [-0.39, 0.29) is 23.6 Å². The topological polar surface area (TPSA) is 51.1 Å². The van der Waals surface area contributed by atoms with Crippen molar-refractivity contribution in [1.82, 2.24) is 9.88 Å². The molecule has 1 amide bonds. The van der Waals surface area contributed by atoms with Crippen LogP contribution in [0.15, 0.2) is 58.4 Å². The number of thioether (sulfide) groups is 1. The van der Waals surface area contributed by atoms with Crippen LogP contribution in [0.3, 0.4) is 0 Å². The first-order chi connectivity index (χ1) is 16.2. The first-order valence-corrected chi connectivity index (χ1v) is 13.4. The van der Waals surface area contributed by atoms with Gasteiger partial charge in [0.2, 0.25) is 5.91 Å². The van der Waals surface area contributed by atoms with Gasteiger partial charge in [0.05, 0.1) is 5.03 Å². The van der Waals surface area contributed by atoms with Gasteiger partial charge >= 0.3 is 0 Å². The molecule has 2 aliphatic carbocycles. The molecule has 1 atom stereocenters. The number of nitrogens with zero attached hydrogens (tertiary/aromatic N) is 1. The molecule has 170 valence electrons. The summed E-state index contributed by atoms with van der Waals surface area (Å²) in [5.74, 6) is 1.20. The van der Waals surface area contributed by atoms with Crippen LogP contribution >= 0.6 is 11.8 Å². The van der Waals surface area contributed by atoms with Crippen molar-refractivity contribution in [2.75, 3.05) is 5.75 Å². The molecule has 1 aliphatic heterocycles. The molecule has 2 aromatic carbocycles. The SMILES string of the molecule is O=C(NC1CCCCC1)C1CSc2c(C3CC3)c(Cc3cccc4ccccc34)cc(=O)n21. The number of hydrogen-bond donors (Lipinski definition) is 1. The monoisotopic (exact) mass is 458 g/mol. The standard InChI is InChI=1S/C28H30N2O2S/c31-25-16-21(15-20-9-6-8-18-7-4-5-12-23(18)20)26(19-13-14-19)28-30(25)24(17-33-28)27(32)29-22-10-2-1-3-11-22/h4-9,12,16,19,22,24H,1-3,10-11,13-15,17H2,(H,29,32). The van der Waals surface area contributed by atoms with Crippen LogP contribution in [0.4, 0.5) is 0 Å². The highest BCUT2D eigenvalue weighted by molar-refractivity contribution is 7.99. The lowest BCUT2D eigenvalue weighted by Crippen LogP contribution is -2.42. The number of pyridine rings is 1. The van der Waals surface area contributed by atoms with Crippen molar-refractivity contribution < 1.29 is 4.79 Å². The molecular formula is C28H30N2O2S. The number of aromatic nitrogens is 1. The van der Waals surface area contributed by atoms with Crippen LogP contribution in [0.25, 0.3) is 10.8 Å². The fourth-order valence-electron chi connectivity index (χ4n) is 5.68. The lowest BCUT2D eigenvalue weighted by atomic mass is 9.94. The van der Waals surface area contributed by atoms with Gasteiger partial charge in [-0.2, -0.15) is 0 Å². The Morgan fingerprint density at radius 1 is 0.970 bits per heavy atom. The first kappa shape index (κ1) is 21.0. The summed E-state index contributed by atoms with van der Waals surface area (Å²) in [6.45, 7) is 0. The fourth-order valence-corrected chi connectivity index (χ4v) is 7.11. The zero-order chi connectivity index (χ0) is 22.4. The molecule has 0 radical (unpaired) electrons. The molecular weight excluding hydrogens is 428 g/mol. The molecule has 2 heterocycles. The molecule has 6 rings (SSSR count). The van der Waals surface area contributed by atoms with Crippen LogP contribution in [0.1, 0.15) is 73.6 Å². The smallest absolute Gasteiger partial charge is 0.252 e. The largest absolute Gasteiger partial charge is 0.352 e. The Kier molecular flexibility index (Phi) is 5.53. The minimum Gasteiger partial charge on any atom is -0.352 e. The van der Waals surface area contributed by atoms with Gasteiger partial charge in [0, 0.05) is 17.9 Å². The number of carbonyl (C=O) groups excluding carboxylic acids is 1. The van der Waals surface area contributed by atoms with Crippen molar-refractivity contribution in [1.29, 1.82) is 0 Å². The predicted octanol–water partition coefficient (Wildman–Crippen LogP) is 5.57. The number of hydrogen-bond acceptors (Lipinski definition) is 3. The molecule has 0 saturated heterocycles. The Morgan fingerprint density at radius 3 is 2.58 bits per heavy atom. The molecule has 1 N–H and O–H groups in total. The van der Waals surface area contributed by atoms with Crippen LogP contribution in [0.5, 0.6) is 0 Å². The molecule has 4 nitrogen and oxygen atoms in total. The molecule has 1 aromatic heterocycles. The highest BCUT2D eigenvalue weighted by Crippen LogP contribution is 2.48. The maximum atomic E-state index is 13.4. The second-order valence-electron chi connectivity index (χ2n) is 9.86. The predicted molar refractivity (Wildman–Crippen MR) is 134 cm³/mol. The second-order valence-corrected chi connectivity index (χ2v) is 10.9. The summed E-state index contributed by atoms with van der Waals surface area (Å²) >= 11 is 1.71. The molecule has 0 bridgehead atoms. The van der Waals surface area contributed by atoms with Crippen molar-refractivity contribution in [3.8, 4) is 0 Å². The van der Waals surface area contributed by atoms with Gasteiger partial charge in [0.1, 0.15) is 6.04 Å². The number of benzene rings is 2. The lowest BCUT2D eigenvalue weighted by Gasteiger charge is -2.25. The van der Waals surface area contributed by atoms with Crippen LogP contribution in [-0.2, 0) is 11.2 Å². The normalized spacial score (nSPS) is 20.7. The van der Waals surface area contributed by atoms with E-state index in [1.54, 1.807) is 11.8 Å². The Bertz CT molecular complexity index is 1270. The van der Waals surface area contributed by atoms with Crippen LogP contribution in [-0.4, -0.2) is 22.3 Å². The van der Waals surface area contributed by atoms with E-state index in [4.69, 9.17) is 0 Å². The summed E-state index contributed by atoms with van der Waals surface area (Å²) in [7, 11) is 0. The number of fused-ring (bicyclic) bond motifs is 2. The Morgan fingerprint density at radius 2 is 1.76 bits per heavy atom. The van der Waals surface area contributed by atoms with Gasteiger partial charge in [0.25, 0.3) is 5.56 Å². The van der Waals surface area contributed by atoms with Gasteiger partial charge in [-0.3, -0.25) is 14.2 Å². The molecule has 1 unspecified atom stereocenters. The summed E-state index contributed by atoms with van der Waals surface area (Å²) < 4.78 is 1.81. The zero-order valence-electron chi connectivity index (χ0n) is 18.9. The Balaban J connectivity index is 1.35. The molecule has 2 fully saturated rings. The van der Waals surface area contributed by atoms with E-state index in [2.05, 4.69) is 47.8 Å². The van der Waals surface area contributed by atoms with E-state index in [0.717, 1.165) is 29.9 Å². The summed E-state index contributed by atoms with van der Waals surface area (Å²) in [4.78, 5) is 26.5. The minimum atomic E-state index is -0.386. The highest BCUT2D eigenvalue weighted by atomic mass is 32.2. The third-order valence-corrected chi connectivity index (χ3v) is 8.69. The van der Waals surface area contributed by atoms with Crippen molar-refractivity contribution in [2.45, 2.75) is 74.4 Å². The van der Waals surface area contributed by atoms with Crippen LogP contribution in [0.2, 0.25) is 0 Å². The van der Waals surface area contributed by atoms with Gasteiger partial charge in [-0.25, -0.2) is 0 Å². The molecule has 5 heteroatoms. The molecule has 3 aliphatic rings. The van der Waals surface area contributed by atoms with E-state index < -0.39 is 0 Å². The van der Waals surface area contributed by atoms with Crippen LogP contribution < -0.4 is 10.9 Å². The summed E-state index contributed by atoms with van der Waals surface area (Å²) in [6, 6.07) is 16.6.